The number of carbonyl (C=O) groups excluding carboxylic acids is 1. The first kappa shape index (κ1) is 24.4. The molecule has 1 aliphatic carbocycles. The fourth-order valence-corrected chi connectivity index (χ4v) is 5.25. The molecule has 5 rings (SSSR count). The summed E-state index contributed by atoms with van der Waals surface area (Å²) in [6.45, 7) is 5.61. The molecule has 2 aliphatic rings. The lowest BCUT2D eigenvalue weighted by molar-refractivity contribution is 0.0629. The third kappa shape index (κ3) is 5.13. The van der Waals surface area contributed by atoms with Crippen LogP contribution in [0.2, 0.25) is 0 Å². The Morgan fingerprint density at radius 1 is 1.03 bits per heavy atom. The highest BCUT2D eigenvalue weighted by molar-refractivity contribution is 7.90. The van der Waals surface area contributed by atoms with Gasteiger partial charge < -0.3 is 14.3 Å². The number of anilines is 1. The van der Waals surface area contributed by atoms with Gasteiger partial charge in [0.05, 0.1) is 16.2 Å². The summed E-state index contributed by atoms with van der Waals surface area (Å²) in [5.41, 5.74) is 2.06. The summed E-state index contributed by atoms with van der Waals surface area (Å²) in [5, 5.41) is 4.07. The highest BCUT2D eigenvalue weighted by Crippen LogP contribution is 2.34. The zero-order valence-electron chi connectivity index (χ0n) is 20.8. The summed E-state index contributed by atoms with van der Waals surface area (Å²) >= 11 is 0. The van der Waals surface area contributed by atoms with Crippen LogP contribution in [0.15, 0.2) is 52.0 Å². The lowest BCUT2D eigenvalue weighted by atomic mass is 10.0. The molecule has 9 nitrogen and oxygen atoms in total. The molecule has 1 aliphatic heterocycles. The van der Waals surface area contributed by atoms with Crippen LogP contribution in [0.3, 0.4) is 0 Å². The number of hydrogen-bond acceptors (Lipinski definition) is 8. The number of hydrogen-bond donors (Lipinski definition) is 0. The molecule has 1 saturated carbocycles. The predicted molar refractivity (Wildman–Crippen MR) is 136 cm³/mol. The Morgan fingerprint density at radius 3 is 2.22 bits per heavy atom. The molecule has 0 bridgehead atoms. The van der Waals surface area contributed by atoms with E-state index in [1.807, 2.05) is 26.0 Å². The standard InChI is InChI=1S/C26H31N5O4S/c1-17(2)24-28-26(35-29-24)30-14-12-21(13-15-30)31(20-7-8-20)25(32)19-6-11-23(27-16-19)18-4-9-22(10-5-18)36(3,33)34/h4-6,9-11,16-17,20-21H,7-8,12-15H2,1-3H3. The van der Waals surface area contributed by atoms with Gasteiger partial charge in [0.15, 0.2) is 15.7 Å². The quantitative estimate of drug-likeness (QED) is 0.471. The zero-order valence-corrected chi connectivity index (χ0v) is 21.6. The molecule has 0 radical (unpaired) electrons. The van der Waals surface area contributed by atoms with Gasteiger partial charge in [-0.05, 0) is 49.9 Å². The number of aromatic nitrogens is 3. The van der Waals surface area contributed by atoms with Crippen molar-refractivity contribution in [2.45, 2.75) is 62.4 Å². The SMILES string of the molecule is CC(C)c1noc(N2CCC(N(C(=O)c3ccc(-c4ccc(S(C)(=O)=O)cc4)nc3)C3CC3)CC2)n1. The van der Waals surface area contributed by atoms with Crippen molar-refractivity contribution in [1.82, 2.24) is 20.0 Å². The maximum atomic E-state index is 13.5. The normalized spacial score (nSPS) is 16.9. The van der Waals surface area contributed by atoms with E-state index in [9.17, 15) is 13.2 Å². The van der Waals surface area contributed by atoms with Crippen LogP contribution >= 0.6 is 0 Å². The lowest BCUT2D eigenvalue weighted by Crippen LogP contribution is -2.48. The fourth-order valence-electron chi connectivity index (χ4n) is 4.62. The van der Waals surface area contributed by atoms with E-state index in [0.29, 0.717) is 23.1 Å². The number of nitrogens with zero attached hydrogens (tertiary/aromatic N) is 5. The van der Waals surface area contributed by atoms with Crippen molar-refractivity contribution in [3.8, 4) is 11.3 Å². The van der Waals surface area contributed by atoms with Crippen LogP contribution in [0.4, 0.5) is 6.01 Å². The summed E-state index contributed by atoms with van der Waals surface area (Å²) in [4.78, 5) is 27.0. The average molecular weight is 510 g/mol. The molecule has 36 heavy (non-hydrogen) atoms. The molecule has 0 spiro atoms. The summed E-state index contributed by atoms with van der Waals surface area (Å²) in [7, 11) is -3.25. The minimum absolute atomic E-state index is 0.0160. The molecule has 190 valence electrons. The van der Waals surface area contributed by atoms with Gasteiger partial charge in [-0.2, -0.15) is 4.98 Å². The van der Waals surface area contributed by atoms with E-state index >= 15 is 0 Å². The van der Waals surface area contributed by atoms with Gasteiger partial charge in [-0.3, -0.25) is 9.78 Å². The smallest absolute Gasteiger partial charge is 0.324 e. The van der Waals surface area contributed by atoms with Crippen molar-refractivity contribution < 1.29 is 17.7 Å². The lowest BCUT2D eigenvalue weighted by Gasteiger charge is -2.38. The van der Waals surface area contributed by atoms with Gasteiger partial charge in [-0.25, -0.2) is 8.42 Å². The van der Waals surface area contributed by atoms with Crippen LogP contribution in [0.25, 0.3) is 11.3 Å². The minimum Gasteiger partial charge on any atom is -0.332 e. The maximum Gasteiger partial charge on any atom is 0.324 e. The summed E-state index contributed by atoms with van der Waals surface area (Å²) in [5.74, 6) is 0.946. The third-order valence-corrected chi connectivity index (χ3v) is 7.97. The Morgan fingerprint density at radius 2 is 1.69 bits per heavy atom. The van der Waals surface area contributed by atoms with Gasteiger partial charge in [-0.15, -0.1) is 0 Å². The number of rotatable bonds is 7. The van der Waals surface area contributed by atoms with E-state index in [2.05, 4.69) is 24.9 Å². The Balaban J connectivity index is 1.26. The van der Waals surface area contributed by atoms with E-state index in [1.54, 1.807) is 30.5 Å². The van der Waals surface area contributed by atoms with Crippen LogP contribution < -0.4 is 4.90 Å². The second-order valence-electron chi connectivity index (χ2n) is 9.98. The van der Waals surface area contributed by atoms with Gasteiger partial charge in [0, 0.05) is 49.1 Å². The first-order valence-corrected chi connectivity index (χ1v) is 14.3. The average Bonchev–Trinajstić information content (AvgIpc) is 3.57. The minimum atomic E-state index is -3.25. The van der Waals surface area contributed by atoms with Gasteiger partial charge in [0.1, 0.15) is 0 Å². The number of carbonyl (C=O) groups is 1. The second kappa shape index (κ2) is 9.65. The molecule has 2 fully saturated rings. The van der Waals surface area contributed by atoms with Gasteiger partial charge in [0.2, 0.25) is 0 Å². The van der Waals surface area contributed by atoms with E-state index in [-0.39, 0.29) is 28.8 Å². The van der Waals surface area contributed by atoms with Crippen molar-refractivity contribution in [2.75, 3.05) is 24.2 Å². The molecule has 2 aromatic heterocycles. The van der Waals surface area contributed by atoms with E-state index in [0.717, 1.165) is 44.3 Å². The molecule has 10 heteroatoms. The molecule has 3 heterocycles. The van der Waals surface area contributed by atoms with Crippen molar-refractivity contribution in [2.24, 2.45) is 0 Å². The monoisotopic (exact) mass is 509 g/mol. The summed E-state index contributed by atoms with van der Waals surface area (Å²) in [6.07, 6.45) is 6.57. The van der Waals surface area contributed by atoms with Gasteiger partial charge >= 0.3 is 6.01 Å². The first-order chi connectivity index (χ1) is 17.2. The molecule has 0 unspecified atom stereocenters. The third-order valence-electron chi connectivity index (χ3n) is 6.84. The Labute approximate surface area is 211 Å². The second-order valence-corrected chi connectivity index (χ2v) is 12.0. The van der Waals surface area contributed by atoms with Gasteiger partial charge in [0.25, 0.3) is 5.91 Å². The van der Waals surface area contributed by atoms with Crippen molar-refractivity contribution in [3.05, 3.63) is 54.0 Å². The van der Waals surface area contributed by atoms with Crippen LogP contribution in [-0.4, -0.2) is 65.8 Å². The maximum absolute atomic E-state index is 13.5. The number of sulfone groups is 1. The molecule has 1 saturated heterocycles. The highest BCUT2D eigenvalue weighted by atomic mass is 32.2. The molecule has 0 N–H and O–H groups in total. The summed E-state index contributed by atoms with van der Waals surface area (Å²) in [6, 6.07) is 11.3. The van der Waals surface area contributed by atoms with E-state index in [1.165, 1.54) is 6.26 Å². The topological polar surface area (TPSA) is 110 Å². The fraction of sp³-hybridized carbons (Fsp3) is 0.462. The highest BCUT2D eigenvalue weighted by Gasteiger charge is 2.39. The van der Waals surface area contributed by atoms with Crippen molar-refractivity contribution >= 4 is 21.8 Å². The molecule has 1 amide bonds. The zero-order chi connectivity index (χ0) is 25.4. The van der Waals surface area contributed by atoms with E-state index < -0.39 is 9.84 Å². The number of pyridine rings is 1. The summed E-state index contributed by atoms with van der Waals surface area (Å²) < 4.78 is 28.9. The number of piperidine rings is 1. The molecule has 0 atom stereocenters. The number of amides is 1. The molecule has 1 aromatic carbocycles. The Bertz CT molecular complexity index is 1320. The van der Waals surface area contributed by atoms with Gasteiger partial charge in [-0.1, -0.05) is 31.1 Å². The molecular weight excluding hydrogens is 478 g/mol. The van der Waals surface area contributed by atoms with E-state index in [4.69, 9.17) is 4.52 Å². The first-order valence-electron chi connectivity index (χ1n) is 12.4. The van der Waals surface area contributed by atoms with Crippen LogP contribution in [0.5, 0.6) is 0 Å². The van der Waals surface area contributed by atoms with Crippen LogP contribution in [-0.2, 0) is 9.84 Å². The molecule has 3 aromatic rings. The Hall–Kier alpha value is -3.27. The Kier molecular flexibility index (Phi) is 6.55. The van der Waals surface area contributed by atoms with Crippen molar-refractivity contribution in [1.29, 1.82) is 0 Å². The number of benzene rings is 1. The predicted octanol–water partition coefficient (Wildman–Crippen LogP) is 3.93. The van der Waals surface area contributed by atoms with Crippen LogP contribution in [0.1, 0.15) is 61.6 Å². The van der Waals surface area contributed by atoms with Crippen LogP contribution in [0, 0.1) is 0 Å². The largest absolute Gasteiger partial charge is 0.332 e. The molecular formula is C26H31N5O4S. The van der Waals surface area contributed by atoms with Crippen molar-refractivity contribution in [3.63, 3.8) is 0 Å².